The number of carbonyl (C=O) groups excluding carboxylic acids is 3. The zero-order chi connectivity index (χ0) is 27.2. The first-order chi connectivity index (χ1) is 18.3. The summed E-state index contributed by atoms with van der Waals surface area (Å²) in [4.78, 5) is 39.3. The van der Waals surface area contributed by atoms with Crippen LogP contribution in [0.3, 0.4) is 0 Å². The first-order valence-electron chi connectivity index (χ1n) is 12.1. The van der Waals surface area contributed by atoms with E-state index in [0.717, 1.165) is 11.1 Å². The third-order valence-electron chi connectivity index (χ3n) is 6.34. The third kappa shape index (κ3) is 5.60. The number of ether oxygens (including phenoxy) is 3. The summed E-state index contributed by atoms with van der Waals surface area (Å²) in [5.74, 6) is -1.73. The van der Waals surface area contributed by atoms with E-state index in [2.05, 4.69) is 0 Å². The van der Waals surface area contributed by atoms with E-state index in [9.17, 15) is 19.5 Å². The van der Waals surface area contributed by atoms with Gasteiger partial charge in [-0.15, -0.1) is 0 Å². The summed E-state index contributed by atoms with van der Waals surface area (Å²) in [6.07, 6.45) is 0. The zero-order valence-electron chi connectivity index (χ0n) is 21.5. The van der Waals surface area contributed by atoms with E-state index >= 15 is 0 Å². The quantitative estimate of drug-likeness (QED) is 0.195. The summed E-state index contributed by atoms with van der Waals surface area (Å²) in [6, 6.07) is 20.2. The normalized spacial score (nSPS) is 16.5. The molecule has 1 heterocycles. The third-order valence-corrected chi connectivity index (χ3v) is 6.34. The lowest BCUT2D eigenvalue weighted by Crippen LogP contribution is -2.32. The van der Waals surface area contributed by atoms with Crippen molar-refractivity contribution in [1.29, 1.82) is 0 Å². The molecule has 1 atom stereocenters. The number of rotatable bonds is 9. The van der Waals surface area contributed by atoms with Gasteiger partial charge in [0.1, 0.15) is 18.1 Å². The maximum atomic E-state index is 13.1. The van der Waals surface area contributed by atoms with Crippen molar-refractivity contribution in [2.75, 3.05) is 27.4 Å². The first kappa shape index (κ1) is 26.6. The molecular weight excluding hydrogens is 486 g/mol. The second-order valence-corrected chi connectivity index (χ2v) is 8.90. The van der Waals surface area contributed by atoms with Gasteiger partial charge in [-0.25, -0.2) is 4.79 Å². The Bertz CT molecular complexity index is 1360. The van der Waals surface area contributed by atoms with E-state index in [1.807, 2.05) is 31.2 Å². The molecule has 4 rings (SSSR count). The SMILES string of the molecule is COCCN1C(=O)C(=O)C(=C(O)c2ccc(OCc3cccc(C)c3)cc2)[C@@H]1c1ccc(C(=O)OC)cc1. The van der Waals surface area contributed by atoms with Crippen LogP contribution in [0.4, 0.5) is 0 Å². The van der Waals surface area contributed by atoms with Crippen LogP contribution in [0.1, 0.15) is 38.7 Å². The summed E-state index contributed by atoms with van der Waals surface area (Å²) >= 11 is 0. The Morgan fingerprint density at radius 3 is 2.26 bits per heavy atom. The van der Waals surface area contributed by atoms with E-state index in [-0.39, 0.29) is 24.5 Å². The second kappa shape index (κ2) is 11.7. The van der Waals surface area contributed by atoms with Crippen LogP contribution in [-0.2, 0) is 25.7 Å². The van der Waals surface area contributed by atoms with Crippen molar-refractivity contribution in [3.05, 3.63) is 106 Å². The number of methoxy groups -OCH3 is 2. The van der Waals surface area contributed by atoms with Gasteiger partial charge in [0, 0.05) is 19.2 Å². The van der Waals surface area contributed by atoms with Crippen LogP contribution in [0.25, 0.3) is 5.76 Å². The number of nitrogens with zero attached hydrogens (tertiary/aromatic N) is 1. The molecule has 0 radical (unpaired) electrons. The van der Waals surface area contributed by atoms with Gasteiger partial charge < -0.3 is 24.2 Å². The number of benzene rings is 3. The van der Waals surface area contributed by atoms with Crippen LogP contribution in [0.2, 0.25) is 0 Å². The summed E-state index contributed by atoms with van der Waals surface area (Å²) in [5.41, 5.74) is 3.40. The van der Waals surface area contributed by atoms with E-state index in [1.54, 1.807) is 48.5 Å². The van der Waals surface area contributed by atoms with Crippen molar-refractivity contribution in [3.63, 3.8) is 0 Å². The van der Waals surface area contributed by atoms with Gasteiger partial charge in [0.05, 0.1) is 30.9 Å². The fourth-order valence-electron chi connectivity index (χ4n) is 4.40. The number of amides is 1. The average molecular weight is 516 g/mol. The van der Waals surface area contributed by atoms with Gasteiger partial charge in [-0.05, 0) is 54.4 Å². The van der Waals surface area contributed by atoms with Gasteiger partial charge in [0.15, 0.2) is 0 Å². The minimum atomic E-state index is -0.853. The predicted octanol–water partition coefficient (Wildman–Crippen LogP) is 4.43. The first-order valence-corrected chi connectivity index (χ1v) is 12.1. The number of aliphatic hydroxyl groups is 1. The molecule has 1 aliphatic rings. The van der Waals surface area contributed by atoms with Crippen molar-refractivity contribution >= 4 is 23.4 Å². The molecule has 1 N–H and O–H groups in total. The Morgan fingerprint density at radius 2 is 1.63 bits per heavy atom. The van der Waals surface area contributed by atoms with Crippen molar-refractivity contribution in [3.8, 4) is 5.75 Å². The Morgan fingerprint density at radius 1 is 0.947 bits per heavy atom. The topological polar surface area (TPSA) is 102 Å². The van der Waals surface area contributed by atoms with Crippen molar-refractivity contribution < 1.29 is 33.7 Å². The van der Waals surface area contributed by atoms with Gasteiger partial charge in [-0.2, -0.15) is 0 Å². The number of aryl methyl sites for hydroxylation is 1. The van der Waals surface area contributed by atoms with Crippen LogP contribution in [-0.4, -0.2) is 55.0 Å². The molecule has 0 saturated carbocycles. The van der Waals surface area contributed by atoms with E-state index in [4.69, 9.17) is 14.2 Å². The molecule has 0 bridgehead atoms. The van der Waals surface area contributed by atoms with Crippen molar-refractivity contribution in [2.45, 2.75) is 19.6 Å². The number of ketones is 1. The summed E-state index contributed by atoms with van der Waals surface area (Å²) in [5, 5.41) is 11.2. The highest BCUT2D eigenvalue weighted by molar-refractivity contribution is 6.46. The molecule has 3 aromatic carbocycles. The lowest BCUT2D eigenvalue weighted by molar-refractivity contribution is -0.140. The lowest BCUT2D eigenvalue weighted by Gasteiger charge is -2.25. The molecule has 0 unspecified atom stereocenters. The number of likely N-dealkylation sites (tertiary alicyclic amines) is 1. The smallest absolute Gasteiger partial charge is 0.337 e. The summed E-state index contributed by atoms with van der Waals surface area (Å²) < 4.78 is 15.7. The molecule has 1 amide bonds. The van der Waals surface area contributed by atoms with Crippen molar-refractivity contribution in [1.82, 2.24) is 4.90 Å². The minimum Gasteiger partial charge on any atom is -0.507 e. The van der Waals surface area contributed by atoms with Crippen LogP contribution >= 0.6 is 0 Å². The highest BCUT2D eigenvalue weighted by Crippen LogP contribution is 2.39. The van der Waals surface area contributed by atoms with E-state index in [0.29, 0.717) is 29.0 Å². The molecule has 38 heavy (non-hydrogen) atoms. The van der Waals surface area contributed by atoms with Gasteiger partial charge in [0.25, 0.3) is 11.7 Å². The van der Waals surface area contributed by atoms with Crippen LogP contribution in [0.5, 0.6) is 5.75 Å². The molecule has 0 aromatic heterocycles. The Hall–Kier alpha value is -4.43. The van der Waals surface area contributed by atoms with Crippen LogP contribution in [0, 0.1) is 6.92 Å². The summed E-state index contributed by atoms with van der Waals surface area (Å²) in [6.45, 7) is 2.75. The number of esters is 1. The number of carbonyl (C=O) groups is 3. The second-order valence-electron chi connectivity index (χ2n) is 8.90. The Balaban J connectivity index is 1.65. The zero-order valence-corrected chi connectivity index (χ0v) is 21.5. The van der Waals surface area contributed by atoms with Crippen LogP contribution in [0.15, 0.2) is 78.4 Å². The molecule has 8 heteroatoms. The van der Waals surface area contributed by atoms with E-state index in [1.165, 1.54) is 19.1 Å². The molecule has 3 aromatic rings. The van der Waals surface area contributed by atoms with Gasteiger partial charge in [0.2, 0.25) is 0 Å². The fraction of sp³-hybridized carbons (Fsp3) is 0.233. The Kier molecular flexibility index (Phi) is 8.23. The minimum absolute atomic E-state index is 0.0367. The molecule has 1 saturated heterocycles. The average Bonchev–Trinajstić information content (AvgIpc) is 3.19. The molecule has 1 aliphatic heterocycles. The molecule has 0 spiro atoms. The number of hydrogen-bond donors (Lipinski definition) is 1. The number of hydrogen-bond acceptors (Lipinski definition) is 7. The monoisotopic (exact) mass is 515 g/mol. The number of aliphatic hydroxyl groups excluding tert-OH is 1. The Labute approximate surface area is 221 Å². The highest BCUT2D eigenvalue weighted by atomic mass is 16.5. The van der Waals surface area contributed by atoms with E-state index < -0.39 is 23.7 Å². The molecule has 0 aliphatic carbocycles. The standard InChI is InChI=1S/C30H29NO7/c1-19-5-4-6-20(17-19)18-38-24-13-11-22(12-14-24)27(32)25-26(31(15-16-36-2)29(34)28(25)33)21-7-9-23(10-8-21)30(35)37-3/h4-14,17,26,32H,15-16,18H2,1-3H3/t26-/m0/s1. The highest BCUT2D eigenvalue weighted by Gasteiger charge is 2.45. The number of Topliss-reactive ketones (excluding diaryl/α,β-unsaturated/α-hetero) is 1. The van der Waals surface area contributed by atoms with Gasteiger partial charge in [-0.3, -0.25) is 9.59 Å². The predicted molar refractivity (Wildman–Crippen MR) is 141 cm³/mol. The van der Waals surface area contributed by atoms with Crippen LogP contribution < -0.4 is 4.74 Å². The molecule has 1 fully saturated rings. The molecular formula is C30H29NO7. The largest absolute Gasteiger partial charge is 0.507 e. The molecule has 8 nitrogen and oxygen atoms in total. The fourth-order valence-corrected chi connectivity index (χ4v) is 4.40. The van der Waals surface area contributed by atoms with Gasteiger partial charge >= 0.3 is 5.97 Å². The lowest BCUT2D eigenvalue weighted by atomic mass is 9.94. The van der Waals surface area contributed by atoms with Crippen molar-refractivity contribution in [2.24, 2.45) is 0 Å². The maximum Gasteiger partial charge on any atom is 0.337 e. The maximum absolute atomic E-state index is 13.1. The summed E-state index contributed by atoms with van der Waals surface area (Å²) in [7, 11) is 2.79. The van der Waals surface area contributed by atoms with Gasteiger partial charge in [-0.1, -0.05) is 42.0 Å². The molecule has 196 valence electrons.